The van der Waals surface area contributed by atoms with Crippen molar-refractivity contribution in [2.24, 2.45) is 0 Å². The number of ether oxygens (including phenoxy) is 1. The van der Waals surface area contributed by atoms with Crippen LogP contribution in [0.2, 0.25) is 0 Å². The third-order valence-electron chi connectivity index (χ3n) is 7.17. The lowest BCUT2D eigenvalue weighted by Crippen LogP contribution is -2.58. The molecule has 4 rings (SSSR count). The zero-order valence-electron chi connectivity index (χ0n) is 17.5. The summed E-state index contributed by atoms with van der Waals surface area (Å²) in [6.45, 7) is 2.95. The number of aliphatic hydroxyl groups is 1. The number of carbonyl (C=O) groups excluding carboxylic acids is 1. The summed E-state index contributed by atoms with van der Waals surface area (Å²) in [4.78, 5) is 12.8. The number of hydrogen-bond donors (Lipinski definition) is 1. The van der Waals surface area contributed by atoms with E-state index in [-0.39, 0.29) is 18.7 Å². The first-order valence-corrected chi connectivity index (χ1v) is 10.8. The number of esters is 1. The van der Waals surface area contributed by atoms with Crippen molar-refractivity contribution in [2.45, 2.75) is 63.3 Å². The lowest BCUT2D eigenvalue weighted by atomic mass is 9.94. The first-order valence-electron chi connectivity index (χ1n) is 10.8. The molecule has 2 aliphatic heterocycles. The van der Waals surface area contributed by atoms with Gasteiger partial charge >= 0.3 is 5.97 Å². The van der Waals surface area contributed by atoms with E-state index in [0.717, 1.165) is 29.4 Å². The molecule has 29 heavy (non-hydrogen) atoms. The second-order valence-electron chi connectivity index (χ2n) is 9.05. The lowest BCUT2D eigenvalue weighted by Gasteiger charge is -2.47. The Bertz CT molecular complexity index is 819. The van der Waals surface area contributed by atoms with E-state index in [4.69, 9.17) is 4.74 Å². The highest BCUT2D eigenvalue weighted by Gasteiger charge is 2.52. The van der Waals surface area contributed by atoms with E-state index in [2.05, 4.69) is 38.2 Å². The van der Waals surface area contributed by atoms with Crippen molar-refractivity contribution >= 4 is 5.97 Å². The van der Waals surface area contributed by atoms with Gasteiger partial charge in [0.1, 0.15) is 18.6 Å². The lowest BCUT2D eigenvalue weighted by molar-refractivity contribution is -0.961. The molecule has 0 spiro atoms. The minimum absolute atomic E-state index is 0.0398. The molecule has 5 atom stereocenters. The summed E-state index contributed by atoms with van der Waals surface area (Å²) < 4.78 is 6.98. The molecule has 2 saturated heterocycles. The van der Waals surface area contributed by atoms with Crippen LogP contribution in [-0.4, -0.2) is 47.4 Å². The van der Waals surface area contributed by atoms with Crippen LogP contribution in [-0.2, 0) is 16.1 Å². The molecule has 4 heteroatoms. The number of hydrogen-bond acceptors (Lipinski definition) is 3. The molecule has 0 saturated carbocycles. The van der Waals surface area contributed by atoms with Gasteiger partial charge in [-0.05, 0) is 12.5 Å². The smallest absolute Gasteiger partial charge is 0.316 e. The number of nitrogens with zero attached hydrogens (tertiary/aromatic N) is 1. The Morgan fingerprint density at radius 1 is 1.07 bits per heavy atom. The van der Waals surface area contributed by atoms with Crippen LogP contribution in [0.5, 0.6) is 0 Å². The van der Waals surface area contributed by atoms with Gasteiger partial charge in [0.2, 0.25) is 0 Å². The number of benzene rings is 2. The Morgan fingerprint density at radius 3 is 2.28 bits per heavy atom. The van der Waals surface area contributed by atoms with Gasteiger partial charge in [-0.15, -0.1) is 0 Å². The van der Waals surface area contributed by atoms with Crippen molar-refractivity contribution in [3.8, 4) is 0 Å². The SMILES string of the molecule is Cc1ccc(C[N+]2(C)[C@@H]3CC[C@H]2CC(OC(=O)C(CO)c2ccccc2)C3)cc1. The maximum absolute atomic E-state index is 12.8. The average molecular weight is 395 g/mol. The van der Waals surface area contributed by atoms with E-state index in [1.165, 1.54) is 24.0 Å². The number of rotatable bonds is 6. The van der Waals surface area contributed by atoms with E-state index in [1.54, 1.807) is 0 Å². The molecule has 0 radical (unpaired) electrons. The second kappa shape index (κ2) is 8.29. The maximum Gasteiger partial charge on any atom is 0.316 e. The van der Waals surface area contributed by atoms with Gasteiger partial charge in [0.15, 0.2) is 0 Å². The topological polar surface area (TPSA) is 46.5 Å². The highest BCUT2D eigenvalue weighted by atomic mass is 16.5. The average Bonchev–Trinajstić information content (AvgIpc) is 2.88. The Kier molecular flexibility index (Phi) is 5.75. The molecule has 4 nitrogen and oxygen atoms in total. The Hall–Kier alpha value is -2.17. The van der Waals surface area contributed by atoms with Crippen LogP contribution in [0.3, 0.4) is 0 Å². The fourth-order valence-corrected chi connectivity index (χ4v) is 5.38. The van der Waals surface area contributed by atoms with E-state index >= 15 is 0 Å². The largest absolute Gasteiger partial charge is 0.461 e. The number of carbonyl (C=O) groups is 1. The summed E-state index contributed by atoms with van der Waals surface area (Å²) in [6.07, 6.45) is 4.18. The number of piperidine rings is 1. The molecular weight excluding hydrogens is 362 g/mol. The molecule has 0 aliphatic carbocycles. The Balaban J connectivity index is 1.42. The van der Waals surface area contributed by atoms with Gasteiger partial charge in [0.25, 0.3) is 0 Å². The van der Waals surface area contributed by atoms with Crippen molar-refractivity contribution < 1.29 is 19.1 Å². The summed E-state index contributed by atoms with van der Waals surface area (Å²) in [5.41, 5.74) is 3.50. The van der Waals surface area contributed by atoms with Gasteiger partial charge in [-0.25, -0.2) is 0 Å². The van der Waals surface area contributed by atoms with Gasteiger partial charge in [-0.3, -0.25) is 4.79 Å². The van der Waals surface area contributed by atoms with Crippen LogP contribution < -0.4 is 0 Å². The summed E-state index contributed by atoms with van der Waals surface area (Å²) in [5, 5.41) is 9.76. The number of fused-ring (bicyclic) bond motifs is 2. The highest BCUT2D eigenvalue weighted by molar-refractivity contribution is 5.78. The van der Waals surface area contributed by atoms with Crippen LogP contribution in [0.25, 0.3) is 0 Å². The fourth-order valence-electron chi connectivity index (χ4n) is 5.38. The first-order chi connectivity index (χ1) is 14.0. The summed E-state index contributed by atoms with van der Waals surface area (Å²) >= 11 is 0. The molecule has 154 valence electrons. The Morgan fingerprint density at radius 2 is 1.69 bits per heavy atom. The molecule has 0 amide bonds. The summed E-state index contributed by atoms with van der Waals surface area (Å²) in [6, 6.07) is 19.4. The maximum atomic E-state index is 12.8. The minimum atomic E-state index is -0.593. The predicted molar refractivity (Wildman–Crippen MR) is 113 cm³/mol. The van der Waals surface area contributed by atoms with Crippen LogP contribution in [0.4, 0.5) is 0 Å². The number of aliphatic hydroxyl groups excluding tert-OH is 1. The van der Waals surface area contributed by atoms with Gasteiger partial charge in [-0.1, -0.05) is 60.2 Å². The van der Waals surface area contributed by atoms with Crippen LogP contribution in [0, 0.1) is 6.92 Å². The van der Waals surface area contributed by atoms with Crippen molar-refractivity contribution in [3.63, 3.8) is 0 Å². The third-order valence-corrected chi connectivity index (χ3v) is 7.17. The molecule has 2 aromatic rings. The van der Waals surface area contributed by atoms with Crippen molar-refractivity contribution in [3.05, 3.63) is 71.3 Å². The molecule has 2 aromatic carbocycles. The summed E-state index contributed by atoms with van der Waals surface area (Å²) in [7, 11) is 2.38. The highest BCUT2D eigenvalue weighted by Crippen LogP contribution is 2.43. The predicted octanol–water partition coefficient (Wildman–Crippen LogP) is 3.95. The number of quaternary nitrogens is 1. The van der Waals surface area contributed by atoms with Crippen molar-refractivity contribution in [1.82, 2.24) is 0 Å². The fraction of sp³-hybridized carbons (Fsp3) is 0.480. The molecule has 1 N–H and O–H groups in total. The third kappa shape index (κ3) is 4.10. The standard InChI is InChI=1S/C25H32NO3/c1-18-8-10-19(11-9-18)16-26(2)21-12-13-22(26)15-23(14-21)29-25(28)24(17-27)20-6-4-3-5-7-20/h3-11,21-24,27H,12-17H2,1-2H3/q+1/t21-,22+,23?,24?,26?. The van der Waals surface area contributed by atoms with Crippen molar-refractivity contribution in [1.29, 1.82) is 0 Å². The molecular formula is C25H32NO3+. The minimum Gasteiger partial charge on any atom is -0.461 e. The van der Waals surface area contributed by atoms with Crippen LogP contribution in [0.1, 0.15) is 48.3 Å². The molecule has 2 aliphatic rings. The Labute approximate surface area is 173 Å². The second-order valence-corrected chi connectivity index (χ2v) is 9.05. The van der Waals surface area contributed by atoms with E-state index in [9.17, 15) is 9.90 Å². The zero-order valence-corrected chi connectivity index (χ0v) is 17.5. The van der Waals surface area contributed by atoms with Gasteiger partial charge in [0, 0.05) is 31.2 Å². The van der Waals surface area contributed by atoms with Crippen LogP contribution >= 0.6 is 0 Å². The monoisotopic (exact) mass is 394 g/mol. The molecule has 2 bridgehead atoms. The van der Waals surface area contributed by atoms with Gasteiger partial charge < -0.3 is 14.3 Å². The summed E-state index contributed by atoms with van der Waals surface area (Å²) in [5.74, 6) is -0.887. The van der Waals surface area contributed by atoms with E-state index in [1.807, 2.05) is 30.3 Å². The molecule has 2 heterocycles. The normalized spacial score (nSPS) is 29.4. The quantitative estimate of drug-likeness (QED) is 0.596. The van der Waals surface area contributed by atoms with E-state index < -0.39 is 5.92 Å². The molecule has 2 fully saturated rings. The van der Waals surface area contributed by atoms with Crippen molar-refractivity contribution in [2.75, 3.05) is 13.7 Å². The van der Waals surface area contributed by atoms with Gasteiger partial charge in [0.05, 0.1) is 25.7 Å². The van der Waals surface area contributed by atoms with Gasteiger partial charge in [-0.2, -0.15) is 0 Å². The molecule has 3 unspecified atom stereocenters. The van der Waals surface area contributed by atoms with E-state index in [0.29, 0.717) is 12.1 Å². The first kappa shape index (κ1) is 20.1. The zero-order chi connectivity index (χ0) is 20.4. The number of aryl methyl sites for hydroxylation is 1. The molecule has 0 aromatic heterocycles. The van der Waals surface area contributed by atoms with Crippen LogP contribution in [0.15, 0.2) is 54.6 Å².